The molecule has 0 fully saturated rings. The number of aliphatic imine (C=N–C) groups is 1. The Labute approximate surface area is 128 Å². The van der Waals surface area contributed by atoms with E-state index in [1.807, 2.05) is 0 Å². The highest BCUT2D eigenvalue weighted by Crippen LogP contribution is 2.18. The molecule has 2 rings (SSSR count). The summed E-state index contributed by atoms with van der Waals surface area (Å²) in [6.07, 6.45) is 2.29. The van der Waals surface area contributed by atoms with Gasteiger partial charge in [-0.3, -0.25) is 9.89 Å². The molecular weight excluding hydrogens is 260 g/mol. The third-order valence-corrected chi connectivity index (χ3v) is 3.80. The van der Waals surface area contributed by atoms with Gasteiger partial charge in [0.25, 0.3) is 0 Å². The van der Waals surface area contributed by atoms with Crippen molar-refractivity contribution >= 4 is 5.96 Å². The first-order chi connectivity index (χ1) is 10.3. The molecule has 0 aromatic heterocycles. The molecule has 0 unspecified atom stereocenters. The van der Waals surface area contributed by atoms with Gasteiger partial charge in [-0.05, 0) is 37.8 Å². The first kappa shape index (κ1) is 15.8. The molecule has 0 amide bonds. The van der Waals surface area contributed by atoms with Crippen LogP contribution in [0.1, 0.15) is 31.4 Å². The fourth-order valence-electron chi connectivity index (χ4n) is 2.74. The van der Waals surface area contributed by atoms with Crippen LogP contribution in [0.4, 0.5) is 0 Å². The van der Waals surface area contributed by atoms with E-state index in [1.54, 1.807) is 0 Å². The van der Waals surface area contributed by atoms with Crippen LogP contribution in [-0.4, -0.2) is 43.6 Å². The number of guanidine groups is 1. The molecule has 1 heterocycles. The Balaban J connectivity index is 1.73. The predicted octanol–water partition coefficient (Wildman–Crippen LogP) is 2.01. The lowest BCUT2D eigenvalue weighted by atomic mass is 10.00. The van der Waals surface area contributed by atoms with Crippen LogP contribution in [0.3, 0.4) is 0 Å². The van der Waals surface area contributed by atoms with Gasteiger partial charge in [0.05, 0.1) is 0 Å². The molecule has 2 N–H and O–H groups in total. The zero-order valence-electron chi connectivity index (χ0n) is 13.4. The van der Waals surface area contributed by atoms with E-state index in [9.17, 15) is 0 Å². The molecule has 0 radical (unpaired) electrons. The molecule has 4 heteroatoms. The quantitative estimate of drug-likeness (QED) is 0.478. The third kappa shape index (κ3) is 5.05. The van der Waals surface area contributed by atoms with Gasteiger partial charge >= 0.3 is 0 Å². The smallest absolute Gasteiger partial charge is 0.191 e. The second-order valence-corrected chi connectivity index (χ2v) is 5.44. The van der Waals surface area contributed by atoms with Crippen molar-refractivity contribution in [2.24, 2.45) is 4.99 Å². The molecule has 1 aliphatic rings. The summed E-state index contributed by atoms with van der Waals surface area (Å²) in [5, 5.41) is 6.52. The molecule has 116 valence electrons. The van der Waals surface area contributed by atoms with Crippen LogP contribution in [0.15, 0.2) is 29.3 Å². The van der Waals surface area contributed by atoms with Gasteiger partial charge < -0.3 is 10.6 Å². The van der Waals surface area contributed by atoms with Gasteiger partial charge in [-0.25, -0.2) is 0 Å². The molecule has 0 saturated carbocycles. The second-order valence-electron chi connectivity index (χ2n) is 5.44. The van der Waals surface area contributed by atoms with Crippen molar-refractivity contribution in [3.8, 4) is 0 Å². The van der Waals surface area contributed by atoms with Crippen molar-refractivity contribution in [1.29, 1.82) is 0 Å². The van der Waals surface area contributed by atoms with Crippen LogP contribution in [0.25, 0.3) is 0 Å². The Morgan fingerprint density at radius 1 is 1.14 bits per heavy atom. The predicted molar refractivity (Wildman–Crippen MR) is 89.7 cm³/mol. The second kappa shape index (κ2) is 8.67. The highest BCUT2D eigenvalue weighted by Gasteiger charge is 2.14. The molecular formula is C17H28N4. The van der Waals surface area contributed by atoms with Crippen LogP contribution < -0.4 is 10.6 Å². The van der Waals surface area contributed by atoms with Crippen LogP contribution in [-0.2, 0) is 13.0 Å². The molecule has 0 atom stereocenters. The standard InChI is InChI=1S/C17H28N4/c1-3-18-17(19-4-2)20-11-7-12-21-13-10-15-8-5-6-9-16(15)14-21/h5-6,8-9H,3-4,7,10-14H2,1-2H3,(H2,18,19,20). The van der Waals surface area contributed by atoms with Crippen LogP contribution in [0.2, 0.25) is 0 Å². The lowest BCUT2D eigenvalue weighted by molar-refractivity contribution is 0.252. The largest absolute Gasteiger partial charge is 0.357 e. The molecule has 1 aliphatic heterocycles. The van der Waals surface area contributed by atoms with Gasteiger partial charge in [0.2, 0.25) is 0 Å². The summed E-state index contributed by atoms with van der Waals surface area (Å²) in [5.74, 6) is 0.934. The lowest BCUT2D eigenvalue weighted by Gasteiger charge is -2.28. The summed E-state index contributed by atoms with van der Waals surface area (Å²) in [5.41, 5.74) is 3.02. The summed E-state index contributed by atoms with van der Waals surface area (Å²) >= 11 is 0. The number of hydrogen-bond donors (Lipinski definition) is 2. The van der Waals surface area contributed by atoms with Crippen LogP contribution in [0, 0.1) is 0 Å². The zero-order chi connectivity index (χ0) is 14.9. The van der Waals surface area contributed by atoms with Crippen LogP contribution in [0.5, 0.6) is 0 Å². The van der Waals surface area contributed by atoms with Gasteiger partial charge in [0.1, 0.15) is 0 Å². The molecule has 1 aromatic rings. The molecule has 0 spiro atoms. The maximum absolute atomic E-state index is 4.60. The first-order valence-electron chi connectivity index (χ1n) is 8.14. The van der Waals surface area contributed by atoms with Gasteiger partial charge in [-0.1, -0.05) is 24.3 Å². The summed E-state index contributed by atoms with van der Waals surface area (Å²) < 4.78 is 0. The van der Waals surface area contributed by atoms with Gasteiger partial charge in [0, 0.05) is 39.3 Å². The topological polar surface area (TPSA) is 39.7 Å². The number of nitrogens with one attached hydrogen (secondary N) is 2. The summed E-state index contributed by atoms with van der Waals surface area (Å²) in [6.45, 7) is 10.3. The Bertz CT molecular complexity index is 448. The molecule has 0 aliphatic carbocycles. The number of hydrogen-bond acceptors (Lipinski definition) is 2. The summed E-state index contributed by atoms with van der Waals surface area (Å²) in [4.78, 5) is 7.14. The minimum Gasteiger partial charge on any atom is -0.357 e. The Morgan fingerprint density at radius 2 is 1.86 bits per heavy atom. The molecule has 21 heavy (non-hydrogen) atoms. The van der Waals surface area contributed by atoms with Crippen molar-refractivity contribution in [3.63, 3.8) is 0 Å². The normalized spacial score (nSPS) is 14.4. The van der Waals surface area contributed by atoms with Crippen molar-refractivity contribution in [2.45, 2.75) is 33.2 Å². The minimum atomic E-state index is 0.882. The van der Waals surface area contributed by atoms with E-state index in [-0.39, 0.29) is 0 Å². The lowest BCUT2D eigenvalue weighted by Crippen LogP contribution is -2.37. The average Bonchev–Trinajstić information content (AvgIpc) is 2.52. The van der Waals surface area contributed by atoms with Crippen molar-refractivity contribution in [3.05, 3.63) is 35.4 Å². The van der Waals surface area contributed by atoms with E-state index >= 15 is 0 Å². The maximum atomic E-state index is 4.60. The molecule has 4 nitrogen and oxygen atoms in total. The number of nitrogens with zero attached hydrogens (tertiary/aromatic N) is 2. The van der Waals surface area contributed by atoms with Crippen molar-refractivity contribution < 1.29 is 0 Å². The molecule has 1 aromatic carbocycles. The monoisotopic (exact) mass is 288 g/mol. The molecule has 0 bridgehead atoms. The van der Waals surface area contributed by atoms with Crippen molar-refractivity contribution in [1.82, 2.24) is 15.5 Å². The van der Waals surface area contributed by atoms with Crippen molar-refractivity contribution in [2.75, 3.05) is 32.7 Å². The maximum Gasteiger partial charge on any atom is 0.191 e. The highest BCUT2D eigenvalue weighted by atomic mass is 15.2. The highest BCUT2D eigenvalue weighted by molar-refractivity contribution is 5.79. The Morgan fingerprint density at radius 3 is 2.57 bits per heavy atom. The fourth-order valence-corrected chi connectivity index (χ4v) is 2.74. The van der Waals surface area contributed by atoms with E-state index in [0.29, 0.717) is 0 Å². The van der Waals surface area contributed by atoms with E-state index < -0.39 is 0 Å². The summed E-state index contributed by atoms with van der Waals surface area (Å²) in [7, 11) is 0. The average molecular weight is 288 g/mol. The van der Waals surface area contributed by atoms with Gasteiger partial charge in [-0.15, -0.1) is 0 Å². The third-order valence-electron chi connectivity index (χ3n) is 3.80. The van der Waals surface area contributed by atoms with Gasteiger partial charge in [-0.2, -0.15) is 0 Å². The van der Waals surface area contributed by atoms with E-state index in [2.05, 4.69) is 58.6 Å². The molecule has 0 saturated heterocycles. The number of benzene rings is 1. The van der Waals surface area contributed by atoms with E-state index in [0.717, 1.165) is 45.1 Å². The van der Waals surface area contributed by atoms with E-state index in [4.69, 9.17) is 0 Å². The Kier molecular flexibility index (Phi) is 6.54. The summed E-state index contributed by atoms with van der Waals surface area (Å²) in [6, 6.07) is 8.81. The zero-order valence-corrected chi connectivity index (χ0v) is 13.4. The Hall–Kier alpha value is -1.55. The SMILES string of the molecule is CCNC(=NCCCN1CCc2ccccc2C1)NCC. The number of fused-ring (bicyclic) bond motifs is 1. The van der Waals surface area contributed by atoms with Crippen LogP contribution >= 0.6 is 0 Å². The van der Waals surface area contributed by atoms with E-state index in [1.165, 1.54) is 24.1 Å². The fraction of sp³-hybridized carbons (Fsp3) is 0.588. The minimum absolute atomic E-state index is 0.882. The van der Waals surface area contributed by atoms with Gasteiger partial charge in [0.15, 0.2) is 5.96 Å². The first-order valence-corrected chi connectivity index (χ1v) is 8.14. The number of rotatable bonds is 6.